The standard InChI is InChI=1S/C17H15N3O6S/c21-14(19-11-3-4-27-16(11)23)10-6-18-17(24)20(15(10)22)7-9-1-2-12-13(5-9)26-8-25-12/h1-2,5-6,11H,3-4,7-8H2,(H,18,24)(H,19,21). The highest BCUT2D eigenvalue weighted by atomic mass is 32.2. The van der Waals surface area contributed by atoms with E-state index in [1.807, 2.05) is 0 Å². The molecular weight excluding hydrogens is 374 g/mol. The summed E-state index contributed by atoms with van der Waals surface area (Å²) >= 11 is 1.15. The van der Waals surface area contributed by atoms with Crippen molar-refractivity contribution in [3.05, 3.63) is 56.4 Å². The molecule has 9 nitrogen and oxygen atoms in total. The van der Waals surface area contributed by atoms with Crippen LogP contribution >= 0.6 is 11.8 Å². The summed E-state index contributed by atoms with van der Waals surface area (Å²) in [4.78, 5) is 51.2. The fourth-order valence-electron chi connectivity index (χ4n) is 2.90. The van der Waals surface area contributed by atoms with Gasteiger partial charge >= 0.3 is 5.69 Å². The van der Waals surface area contributed by atoms with Crippen LogP contribution in [0.15, 0.2) is 34.0 Å². The van der Waals surface area contributed by atoms with E-state index in [2.05, 4.69) is 10.3 Å². The molecule has 1 amide bonds. The number of rotatable bonds is 4. The summed E-state index contributed by atoms with van der Waals surface area (Å²) in [6.07, 6.45) is 1.59. The summed E-state index contributed by atoms with van der Waals surface area (Å²) in [5.74, 6) is 1.07. The Hall–Kier alpha value is -3.01. The van der Waals surface area contributed by atoms with E-state index in [1.54, 1.807) is 18.2 Å². The van der Waals surface area contributed by atoms with Gasteiger partial charge in [-0.25, -0.2) is 4.79 Å². The Kier molecular flexibility index (Phi) is 4.48. The van der Waals surface area contributed by atoms with Crippen LogP contribution in [-0.4, -0.2) is 39.2 Å². The van der Waals surface area contributed by atoms with Crippen LogP contribution in [-0.2, 0) is 11.3 Å². The third-order valence-electron chi connectivity index (χ3n) is 4.32. The van der Waals surface area contributed by atoms with Crippen LogP contribution in [0.1, 0.15) is 22.3 Å². The molecule has 1 aromatic carbocycles. The molecule has 4 rings (SSSR count). The average Bonchev–Trinajstić information content (AvgIpc) is 3.27. The first-order chi connectivity index (χ1) is 13.0. The second-order valence-corrected chi connectivity index (χ2v) is 7.17. The molecule has 0 saturated carbocycles. The molecule has 2 aromatic rings. The highest BCUT2D eigenvalue weighted by molar-refractivity contribution is 8.14. The van der Waals surface area contributed by atoms with E-state index in [0.29, 0.717) is 29.2 Å². The van der Waals surface area contributed by atoms with Gasteiger partial charge in [0.15, 0.2) is 11.5 Å². The van der Waals surface area contributed by atoms with Crippen molar-refractivity contribution >= 4 is 22.8 Å². The van der Waals surface area contributed by atoms with Crippen molar-refractivity contribution in [2.75, 3.05) is 12.5 Å². The van der Waals surface area contributed by atoms with E-state index in [-0.39, 0.29) is 24.0 Å². The van der Waals surface area contributed by atoms with Gasteiger partial charge in [-0.05, 0) is 24.1 Å². The lowest BCUT2D eigenvalue weighted by molar-refractivity contribution is -0.112. The Morgan fingerprint density at radius 2 is 2.07 bits per heavy atom. The van der Waals surface area contributed by atoms with Crippen LogP contribution in [0.25, 0.3) is 0 Å². The normalized spacial score (nSPS) is 17.9. The number of ether oxygens (including phenoxy) is 2. The van der Waals surface area contributed by atoms with E-state index in [4.69, 9.17) is 9.47 Å². The Morgan fingerprint density at radius 3 is 2.85 bits per heavy atom. The van der Waals surface area contributed by atoms with Gasteiger partial charge in [-0.1, -0.05) is 17.8 Å². The van der Waals surface area contributed by atoms with E-state index in [1.165, 1.54) is 0 Å². The number of amides is 1. The maximum Gasteiger partial charge on any atom is 0.328 e. The lowest BCUT2D eigenvalue weighted by atomic mass is 10.2. The minimum absolute atomic E-state index is 0.0376. The van der Waals surface area contributed by atoms with Crippen molar-refractivity contribution < 1.29 is 19.1 Å². The molecule has 0 bridgehead atoms. The molecule has 2 N–H and O–H groups in total. The molecule has 1 saturated heterocycles. The van der Waals surface area contributed by atoms with Gasteiger partial charge in [-0.2, -0.15) is 0 Å². The first-order valence-corrected chi connectivity index (χ1v) is 9.20. The maximum absolute atomic E-state index is 12.7. The zero-order chi connectivity index (χ0) is 19.0. The minimum Gasteiger partial charge on any atom is -0.454 e. The molecule has 1 atom stereocenters. The topological polar surface area (TPSA) is 119 Å². The molecule has 0 aliphatic carbocycles. The predicted molar refractivity (Wildman–Crippen MR) is 96.3 cm³/mol. The molecule has 1 aromatic heterocycles. The minimum atomic E-state index is -0.730. The van der Waals surface area contributed by atoms with Gasteiger partial charge in [0.1, 0.15) is 5.56 Å². The average molecular weight is 389 g/mol. The Bertz CT molecular complexity index is 1040. The summed E-state index contributed by atoms with van der Waals surface area (Å²) in [5, 5.41) is 2.42. The third kappa shape index (κ3) is 3.35. The van der Waals surface area contributed by atoms with Gasteiger partial charge in [-0.3, -0.25) is 19.0 Å². The second kappa shape index (κ2) is 6.95. The number of aromatic nitrogens is 2. The fraction of sp³-hybridized carbons (Fsp3) is 0.294. The van der Waals surface area contributed by atoms with Crippen LogP contribution in [0.5, 0.6) is 11.5 Å². The summed E-state index contributed by atoms with van der Waals surface area (Å²) in [7, 11) is 0. The number of hydrogen-bond acceptors (Lipinski definition) is 7. The Balaban J connectivity index is 1.61. The fourth-order valence-corrected chi connectivity index (χ4v) is 3.83. The smallest absolute Gasteiger partial charge is 0.328 e. The first kappa shape index (κ1) is 17.4. The SMILES string of the molecule is O=C(NC1CCSC1=O)c1c[nH]c(=O)n(Cc2ccc3c(c2)OCO3)c1=O. The van der Waals surface area contributed by atoms with Crippen LogP contribution in [0.2, 0.25) is 0 Å². The number of nitrogens with zero attached hydrogens (tertiary/aromatic N) is 1. The van der Waals surface area contributed by atoms with Crippen LogP contribution < -0.4 is 26.0 Å². The van der Waals surface area contributed by atoms with Crippen LogP contribution in [0, 0.1) is 0 Å². The largest absolute Gasteiger partial charge is 0.454 e. The number of benzene rings is 1. The number of thioether (sulfide) groups is 1. The molecule has 0 spiro atoms. The number of hydrogen-bond donors (Lipinski definition) is 2. The van der Waals surface area contributed by atoms with Crippen molar-refractivity contribution in [2.24, 2.45) is 0 Å². The molecule has 3 heterocycles. The summed E-state index contributed by atoms with van der Waals surface area (Å²) < 4.78 is 11.5. The molecule has 2 aliphatic rings. The van der Waals surface area contributed by atoms with Crippen LogP contribution in [0.4, 0.5) is 0 Å². The highest BCUT2D eigenvalue weighted by Gasteiger charge is 2.28. The monoisotopic (exact) mass is 389 g/mol. The lowest BCUT2D eigenvalue weighted by Crippen LogP contribution is -2.44. The van der Waals surface area contributed by atoms with Crippen molar-refractivity contribution in [2.45, 2.75) is 19.0 Å². The summed E-state index contributed by atoms with van der Waals surface area (Å²) in [6.45, 7) is 0.0806. The van der Waals surface area contributed by atoms with Crippen molar-refractivity contribution in [3.8, 4) is 11.5 Å². The molecule has 27 heavy (non-hydrogen) atoms. The van der Waals surface area contributed by atoms with Crippen LogP contribution in [0.3, 0.4) is 0 Å². The number of aromatic amines is 1. The number of fused-ring (bicyclic) bond motifs is 1. The molecular formula is C17H15N3O6S. The molecule has 0 radical (unpaired) electrons. The van der Waals surface area contributed by atoms with Crippen molar-refractivity contribution in [1.29, 1.82) is 0 Å². The Morgan fingerprint density at radius 1 is 1.26 bits per heavy atom. The van der Waals surface area contributed by atoms with E-state index < -0.39 is 23.2 Å². The highest BCUT2D eigenvalue weighted by Crippen LogP contribution is 2.32. The zero-order valence-corrected chi connectivity index (χ0v) is 14.8. The van der Waals surface area contributed by atoms with E-state index in [0.717, 1.165) is 22.5 Å². The maximum atomic E-state index is 12.7. The molecule has 10 heteroatoms. The van der Waals surface area contributed by atoms with Gasteiger partial charge in [0, 0.05) is 11.9 Å². The lowest BCUT2D eigenvalue weighted by Gasteiger charge is -2.11. The van der Waals surface area contributed by atoms with Gasteiger partial charge in [-0.15, -0.1) is 0 Å². The number of carbonyl (C=O) groups excluding carboxylic acids is 2. The quantitative estimate of drug-likeness (QED) is 0.760. The zero-order valence-electron chi connectivity index (χ0n) is 14.0. The third-order valence-corrected chi connectivity index (χ3v) is 5.33. The Labute approximate surface area is 156 Å². The number of H-pyrrole nitrogens is 1. The molecule has 1 fully saturated rings. The molecule has 1 unspecified atom stereocenters. The first-order valence-electron chi connectivity index (χ1n) is 8.21. The van der Waals surface area contributed by atoms with E-state index in [9.17, 15) is 19.2 Å². The van der Waals surface area contributed by atoms with Crippen molar-refractivity contribution in [1.82, 2.24) is 14.9 Å². The molecule has 2 aliphatic heterocycles. The van der Waals surface area contributed by atoms with Gasteiger partial charge in [0.05, 0.1) is 12.6 Å². The van der Waals surface area contributed by atoms with Crippen molar-refractivity contribution in [3.63, 3.8) is 0 Å². The van der Waals surface area contributed by atoms with Gasteiger partial charge in [0.2, 0.25) is 11.9 Å². The summed E-state index contributed by atoms with van der Waals surface area (Å²) in [6, 6.07) is 4.46. The van der Waals surface area contributed by atoms with E-state index >= 15 is 0 Å². The second-order valence-electron chi connectivity index (χ2n) is 6.07. The predicted octanol–water partition coefficient (Wildman–Crippen LogP) is 0.0755. The molecule has 140 valence electrons. The number of nitrogens with one attached hydrogen (secondary N) is 2. The summed E-state index contributed by atoms with van der Waals surface area (Å²) in [5.41, 5.74) is -0.944. The van der Waals surface area contributed by atoms with Gasteiger partial charge in [0.25, 0.3) is 11.5 Å². The number of carbonyl (C=O) groups is 2. The van der Waals surface area contributed by atoms with Gasteiger partial charge < -0.3 is 19.8 Å².